The minimum absolute atomic E-state index is 0.0302. The van der Waals surface area contributed by atoms with E-state index in [-0.39, 0.29) is 11.5 Å². The van der Waals surface area contributed by atoms with Crippen LogP contribution in [0.5, 0.6) is 0 Å². The maximum atomic E-state index is 12.6. The molecule has 4 rings (SSSR count). The van der Waals surface area contributed by atoms with E-state index in [4.69, 9.17) is 4.74 Å². The summed E-state index contributed by atoms with van der Waals surface area (Å²) in [5.74, 6) is -0.977. The van der Waals surface area contributed by atoms with Crippen molar-refractivity contribution in [1.82, 2.24) is 5.43 Å². The maximum Gasteiger partial charge on any atom is 0.356 e. The average Bonchev–Trinajstić information content (AvgIpc) is 3.10. The van der Waals surface area contributed by atoms with Gasteiger partial charge in [0, 0.05) is 22.8 Å². The molecular weight excluding hydrogens is 376 g/mol. The van der Waals surface area contributed by atoms with Gasteiger partial charge in [0.25, 0.3) is 0 Å². The third kappa shape index (κ3) is 3.65. The van der Waals surface area contributed by atoms with Crippen molar-refractivity contribution in [3.63, 3.8) is 0 Å². The highest BCUT2D eigenvalue weighted by Crippen LogP contribution is 2.36. The third-order valence-corrected chi connectivity index (χ3v) is 4.96. The van der Waals surface area contributed by atoms with E-state index in [1.807, 2.05) is 67.6 Å². The highest BCUT2D eigenvalue weighted by atomic mass is 16.5. The van der Waals surface area contributed by atoms with E-state index in [0.29, 0.717) is 11.3 Å². The summed E-state index contributed by atoms with van der Waals surface area (Å²) < 4.78 is 4.83. The van der Waals surface area contributed by atoms with Crippen molar-refractivity contribution in [3.05, 3.63) is 107 Å². The second-order valence-corrected chi connectivity index (χ2v) is 6.94. The number of fused-ring (bicyclic) bond motifs is 3. The molecule has 0 aromatic heterocycles. The number of carbonyl (C=O) groups excluding carboxylic acids is 2. The van der Waals surface area contributed by atoms with Crippen LogP contribution in [-0.2, 0) is 9.53 Å². The predicted octanol–water partition coefficient (Wildman–Crippen LogP) is 4.26. The Labute approximate surface area is 174 Å². The average molecular weight is 396 g/mol. The molecule has 5 nitrogen and oxygen atoms in total. The van der Waals surface area contributed by atoms with Gasteiger partial charge < -0.3 is 4.74 Å². The van der Waals surface area contributed by atoms with E-state index in [1.165, 1.54) is 13.2 Å². The number of allylic oxidation sites excluding steroid dienone is 1. The highest BCUT2D eigenvalue weighted by Gasteiger charge is 2.24. The normalized spacial score (nSPS) is 12.1. The molecule has 0 unspecified atom stereocenters. The lowest BCUT2D eigenvalue weighted by Gasteiger charge is -2.07. The molecule has 3 aromatic rings. The molecule has 0 heterocycles. The lowest BCUT2D eigenvalue weighted by molar-refractivity contribution is -0.136. The van der Waals surface area contributed by atoms with Crippen molar-refractivity contribution in [1.29, 1.82) is 0 Å². The number of esters is 1. The Morgan fingerprint density at radius 3 is 1.90 bits per heavy atom. The van der Waals surface area contributed by atoms with Crippen molar-refractivity contribution in [2.45, 2.75) is 6.92 Å². The minimum atomic E-state index is -0.667. The van der Waals surface area contributed by atoms with Gasteiger partial charge in [0.15, 0.2) is 5.78 Å². The number of rotatable bonds is 5. The zero-order valence-electron chi connectivity index (χ0n) is 16.7. The SMILES string of the molecule is COC(=O)C(=CC(=O)c1ccc(C)cc1)NN=C1c2ccccc2-c2ccccc21. The van der Waals surface area contributed by atoms with Crippen LogP contribution < -0.4 is 5.43 Å². The van der Waals surface area contributed by atoms with Gasteiger partial charge in [-0.05, 0) is 18.1 Å². The number of aryl methyl sites for hydroxylation is 1. The van der Waals surface area contributed by atoms with Crippen LogP contribution in [0.25, 0.3) is 11.1 Å². The molecule has 0 fully saturated rings. The van der Waals surface area contributed by atoms with Crippen LogP contribution in [0.1, 0.15) is 27.0 Å². The van der Waals surface area contributed by atoms with E-state index >= 15 is 0 Å². The van der Waals surface area contributed by atoms with Gasteiger partial charge in [-0.1, -0.05) is 78.4 Å². The molecular formula is C25H20N2O3. The van der Waals surface area contributed by atoms with Crippen LogP contribution in [0.3, 0.4) is 0 Å². The number of ketones is 1. The Kier molecular flexibility index (Phi) is 5.26. The fourth-order valence-electron chi connectivity index (χ4n) is 3.41. The fraction of sp³-hybridized carbons (Fsp3) is 0.0800. The Morgan fingerprint density at radius 2 is 1.37 bits per heavy atom. The molecule has 148 valence electrons. The van der Waals surface area contributed by atoms with Gasteiger partial charge in [0.2, 0.25) is 0 Å². The minimum Gasteiger partial charge on any atom is -0.464 e. The smallest absolute Gasteiger partial charge is 0.356 e. The summed E-state index contributed by atoms with van der Waals surface area (Å²) in [5, 5.41) is 4.48. The summed E-state index contributed by atoms with van der Waals surface area (Å²) in [4.78, 5) is 24.9. The Bertz CT molecular complexity index is 1140. The first-order valence-corrected chi connectivity index (χ1v) is 9.52. The second-order valence-electron chi connectivity index (χ2n) is 6.94. The number of ether oxygens (including phenoxy) is 1. The number of carbonyl (C=O) groups is 2. The molecule has 0 bridgehead atoms. The molecule has 3 aromatic carbocycles. The van der Waals surface area contributed by atoms with Gasteiger partial charge in [-0.2, -0.15) is 5.10 Å². The Balaban J connectivity index is 1.69. The molecule has 0 aliphatic heterocycles. The summed E-state index contributed by atoms with van der Waals surface area (Å²) in [6.07, 6.45) is 1.22. The van der Waals surface area contributed by atoms with Gasteiger partial charge in [-0.25, -0.2) is 4.79 Å². The molecule has 1 N–H and O–H groups in total. The zero-order chi connectivity index (χ0) is 21.1. The number of nitrogens with one attached hydrogen (secondary N) is 1. The van der Waals surface area contributed by atoms with Gasteiger partial charge in [0.1, 0.15) is 5.70 Å². The molecule has 0 saturated heterocycles. The van der Waals surface area contributed by atoms with Gasteiger partial charge in [-0.3, -0.25) is 10.2 Å². The van der Waals surface area contributed by atoms with Crippen molar-refractivity contribution in [3.8, 4) is 11.1 Å². The molecule has 0 spiro atoms. The first kappa shape index (κ1) is 19.3. The topological polar surface area (TPSA) is 67.8 Å². The van der Waals surface area contributed by atoms with Crippen LogP contribution >= 0.6 is 0 Å². The maximum absolute atomic E-state index is 12.6. The molecule has 30 heavy (non-hydrogen) atoms. The van der Waals surface area contributed by atoms with Crippen LogP contribution in [0.15, 0.2) is 89.7 Å². The zero-order valence-corrected chi connectivity index (χ0v) is 16.7. The summed E-state index contributed by atoms with van der Waals surface area (Å²) in [6, 6.07) is 23.0. The van der Waals surface area contributed by atoms with E-state index in [9.17, 15) is 9.59 Å². The molecule has 1 aliphatic rings. The summed E-state index contributed by atoms with van der Waals surface area (Å²) >= 11 is 0. The van der Waals surface area contributed by atoms with Crippen LogP contribution in [-0.4, -0.2) is 24.6 Å². The lowest BCUT2D eigenvalue weighted by atomic mass is 10.1. The number of nitrogens with zero attached hydrogens (tertiary/aromatic N) is 1. The standard InChI is InChI=1S/C25H20N2O3/c1-16-11-13-17(14-12-16)23(28)15-22(25(29)30-2)26-27-24-20-9-5-3-7-18(20)19-8-4-6-10-21(19)24/h3-15,26H,1-2H3. The molecule has 5 heteroatoms. The summed E-state index contributed by atoms with van der Waals surface area (Å²) in [5.41, 5.74) is 9.04. The van der Waals surface area contributed by atoms with Crippen LogP contribution in [0.2, 0.25) is 0 Å². The quantitative estimate of drug-likeness (QED) is 0.237. The van der Waals surface area contributed by atoms with Gasteiger partial charge >= 0.3 is 5.97 Å². The van der Waals surface area contributed by atoms with Crippen LogP contribution in [0.4, 0.5) is 0 Å². The number of hydrogen-bond acceptors (Lipinski definition) is 5. The number of methoxy groups -OCH3 is 1. The lowest BCUT2D eigenvalue weighted by Crippen LogP contribution is -2.20. The Hall–Kier alpha value is -3.99. The first-order valence-electron chi connectivity index (χ1n) is 9.52. The van der Waals surface area contributed by atoms with Crippen molar-refractivity contribution >= 4 is 17.5 Å². The molecule has 1 aliphatic carbocycles. The molecule has 0 radical (unpaired) electrons. The molecule has 0 atom stereocenters. The van der Waals surface area contributed by atoms with Gasteiger partial charge in [-0.15, -0.1) is 0 Å². The van der Waals surface area contributed by atoms with Crippen LogP contribution in [0, 0.1) is 6.92 Å². The predicted molar refractivity (Wildman–Crippen MR) is 116 cm³/mol. The van der Waals surface area contributed by atoms with E-state index in [1.54, 1.807) is 12.1 Å². The fourth-order valence-corrected chi connectivity index (χ4v) is 3.41. The summed E-state index contributed by atoms with van der Waals surface area (Å²) in [6.45, 7) is 1.94. The van der Waals surface area contributed by atoms with Crippen molar-refractivity contribution in [2.24, 2.45) is 5.10 Å². The first-order chi connectivity index (χ1) is 14.6. The van der Waals surface area contributed by atoms with Crippen molar-refractivity contribution < 1.29 is 14.3 Å². The second kappa shape index (κ2) is 8.17. The van der Waals surface area contributed by atoms with E-state index < -0.39 is 5.97 Å². The van der Waals surface area contributed by atoms with E-state index in [2.05, 4.69) is 10.5 Å². The largest absolute Gasteiger partial charge is 0.464 e. The highest BCUT2D eigenvalue weighted by molar-refractivity contribution is 6.24. The van der Waals surface area contributed by atoms with E-state index in [0.717, 1.165) is 27.8 Å². The van der Waals surface area contributed by atoms with Gasteiger partial charge in [0.05, 0.1) is 12.8 Å². The third-order valence-electron chi connectivity index (χ3n) is 4.96. The number of hydrogen-bond donors (Lipinski definition) is 1. The summed E-state index contributed by atoms with van der Waals surface area (Å²) in [7, 11) is 1.27. The number of benzene rings is 3. The molecule has 0 saturated carbocycles. The molecule has 0 amide bonds. The number of hydrazone groups is 1. The Morgan fingerprint density at radius 1 is 0.833 bits per heavy atom. The van der Waals surface area contributed by atoms with Crippen molar-refractivity contribution in [2.75, 3.05) is 7.11 Å². The monoisotopic (exact) mass is 396 g/mol.